The van der Waals surface area contributed by atoms with Gasteiger partial charge in [-0.2, -0.15) is 0 Å². The van der Waals surface area contributed by atoms with Crippen LogP contribution in [0.2, 0.25) is 0 Å². The molecule has 1 amide bonds. The smallest absolute Gasteiger partial charge is 0.240 e. The summed E-state index contributed by atoms with van der Waals surface area (Å²) in [5.41, 5.74) is 1.46. The first-order valence-corrected chi connectivity index (χ1v) is 13.4. The normalized spacial score (nSPS) is 11.1. The first-order valence-electron chi connectivity index (χ1n) is 10.6. The average molecular weight is 485 g/mol. The Balaban J connectivity index is 1.49. The van der Waals surface area contributed by atoms with Gasteiger partial charge < -0.3 is 10.1 Å². The van der Waals surface area contributed by atoms with Gasteiger partial charge in [0.25, 0.3) is 0 Å². The summed E-state index contributed by atoms with van der Waals surface area (Å²) in [4.78, 5) is 13.6. The summed E-state index contributed by atoms with van der Waals surface area (Å²) in [5.74, 6) is 1.15. The molecule has 0 bridgehead atoms. The number of anilines is 1. The van der Waals surface area contributed by atoms with Crippen molar-refractivity contribution in [1.29, 1.82) is 0 Å². The molecule has 1 N–H and O–H groups in total. The molecule has 6 nitrogen and oxygen atoms in total. The molecule has 0 aromatic heterocycles. The molecule has 8 heteroatoms. The average Bonchev–Trinajstić information content (AvgIpc) is 2.82. The van der Waals surface area contributed by atoms with Crippen LogP contribution in [-0.4, -0.2) is 39.4 Å². The largest absolute Gasteiger partial charge is 0.489 e. The Kier molecular flexibility index (Phi) is 9.21. The van der Waals surface area contributed by atoms with Crippen molar-refractivity contribution in [2.24, 2.45) is 0 Å². The zero-order chi connectivity index (χ0) is 23.5. The second kappa shape index (κ2) is 12.3. The van der Waals surface area contributed by atoms with Crippen molar-refractivity contribution in [2.45, 2.75) is 17.9 Å². The van der Waals surface area contributed by atoms with Crippen molar-refractivity contribution in [2.75, 3.05) is 29.4 Å². The van der Waals surface area contributed by atoms with E-state index in [2.05, 4.69) is 5.32 Å². The fourth-order valence-electron chi connectivity index (χ4n) is 3.04. The molecule has 0 unspecified atom stereocenters. The molecule has 3 aromatic carbocycles. The highest BCUT2D eigenvalue weighted by atomic mass is 32.2. The maximum absolute atomic E-state index is 12.4. The quantitative estimate of drug-likeness (QED) is 0.306. The van der Waals surface area contributed by atoms with E-state index in [0.29, 0.717) is 24.6 Å². The molecule has 0 saturated carbocycles. The van der Waals surface area contributed by atoms with Gasteiger partial charge in [-0.1, -0.05) is 48.5 Å². The van der Waals surface area contributed by atoms with E-state index in [1.807, 2.05) is 60.7 Å². The van der Waals surface area contributed by atoms with Crippen molar-refractivity contribution in [3.63, 3.8) is 0 Å². The minimum Gasteiger partial charge on any atom is -0.489 e. The predicted molar refractivity (Wildman–Crippen MR) is 134 cm³/mol. The highest BCUT2D eigenvalue weighted by Gasteiger charge is 2.20. The van der Waals surface area contributed by atoms with E-state index >= 15 is 0 Å². The first kappa shape index (κ1) is 24.7. The first-order chi connectivity index (χ1) is 15.9. The molecule has 174 valence electrons. The van der Waals surface area contributed by atoms with E-state index in [4.69, 9.17) is 4.74 Å². The molecule has 0 aliphatic rings. The summed E-state index contributed by atoms with van der Waals surface area (Å²) < 4.78 is 31.5. The van der Waals surface area contributed by atoms with Gasteiger partial charge in [-0.25, -0.2) is 8.42 Å². The Morgan fingerprint density at radius 3 is 2.21 bits per heavy atom. The number of benzene rings is 3. The molecule has 3 aromatic rings. The van der Waals surface area contributed by atoms with Crippen LogP contribution < -0.4 is 14.4 Å². The van der Waals surface area contributed by atoms with E-state index in [9.17, 15) is 13.2 Å². The number of hydrogen-bond donors (Lipinski definition) is 1. The van der Waals surface area contributed by atoms with Crippen LogP contribution in [0.1, 0.15) is 12.0 Å². The summed E-state index contributed by atoms with van der Waals surface area (Å²) in [6.45, 7) is 0.637. The maximum Gasteiger partial charge on any atom is 0.240 e. The molecule has 0 fully saturated rings. The lowest BCUT2D eigenvalue weighted by Gasteiger charge is -2.22. The number of hydrogen-bond acceptors (Lipinski definition) is 5. The number of amides is 1. The molecule has 0 radical (unpaired) electrons. The molecule has 0 spiro atoms. The van der Waals surface area contributed by atoms with Gasteiger partial charge in [0.1, 0.15) is 18.9 Å². The number of thioether (sulfide) groups is 1. The van der Waals surface area contributed by atoms with Gasteiger partial charge in [0.05, 0.1) is 11.9 Å². The van der Waals surface area contributed by atoms with Crippen LogP contribution in [0.15, 0.2) is 89.8 Å². The van der Waals surface area contributed by atoms with E-state index < -0.39 is 10.0 Å². The molecule has 0 aliphatic carbocycles. The van der Waals surface area contributed by atoms with Gasteiger partial charge in [0.15, 0.2) is 0 Å². The van der Waals surface area contributed by atoms with Crippen LogP contribution in [0, 0.1) is 0 Å². The molecular weight excluding hydrogens is 456 g/mol. The minimum atomic E-state index is -3.62. The number of sulfonamides is 1. The summed E-state index contributed by atoms with van der Waals surface area (Å²) in [6.07, 6.45) is 1.88. The maximum atomic E-state index is 12.4. The molecule has 0 saturated heterocycles. The Bertz CT molecular complexity index is 1110. The highest BCUT2D eigenvalue weighted by Crippen LogP contribution is 2.22. The van der Waals surface area contributed by atoms with E-state index in [1.54, 1.807) is 36.0 Å². The molecule has 0 heterocycles. The van der Waals surface area contributed by atoms with Crippen molar-refractivity contribution >= 4 is 33.4 Å². The molecule has 33 heavy (non-hydrogen) atoms. The Hall–Kier alpha value is -2.97. The van der Waals surface area contributed by atoms with Gasteiger partial charge in [-0.15, -0.1) is 11.8 Å². The van der Waals surface area contributed by atoms with Gasteiger partial charge in [-0.05, 0) is 54.1 Å². The summed E-state index contributed by atoms with van der Waals surface area (Å²) in [5, 5.41) is 2.81. The fourth-order valence-corrected chi connectivity index (χ4v) is 4.77. The van der Waals surface area contributed by atoms with Gasteiger partial charge in [0.2, 0.25) is 15.9 Å². The molecule has 0 aliphatic heterocycles. The third kappa shape index (κ3) is 8.47. The van der Waals surface area contributed by atoms with E-state index in [-0.39, 0.29) is 12.5 Å². The van der Waals surface area contributed by atoms with E-state index in [1.165, 1.54) is 4.90 Å². The van der Waals surface area contributed by atoms with Gasteiger partial charge in [0, 0.05) is 11.4 Å². The van der Waals surface area contributed by atoms with Crippen molar-refractivity contribution in [1.82, 2.24) is 5.32 Å². The monoisotopic (exact) mass is 484 g/mol. The molecule has 3 rings (SSSR count). The minimum absolute atomic E-state index is 0.269. The van der Waals surface area contributed by atoms with Gasteiger partial charge >= 0.3 is 0 Å². The highest BCUT2D eigenvalue weighted by molar-refractivity contribution is 7.99. The summed E-state index contributed by atoms with van der Waals surface area (Å²) in [7, 11) is -3.62. The number of nitrogens with one attached hydrogen (secondary N) is 1. The van der Waals surface area contributed by atoms with Crippen LogP contribution >= 0.6 is 11.8 Å². The SMILES string of the molecule is CS(=O)(=O)N(CC(=O)NCCCSc1ccccc1)c1ccc(OCc2ccccc2)cc1. The van der Waals surface area contributed by atoms with Crippen LogP contribution in [0.3, 0.4) is 0 Å². The number of carbonyl (C=O) groups excluding carboxylic acids is 1. The number of nitrogens with zero attached hydrogens (tertiary/aromatic N) is 1. The zero-order valence-electron chi connectivity index (χ0n) is 18.5. The topological polar surface area (TPSA) is 75.7 Å². The number of rotatable bonds is 12. The lowest BCUT2D eigenvalue weighted by molar-refractivity contribution is -0.119. The van der Waals surface area contributed by atoms with Crippen LogP contribution in [0.4, 0.5) is 5.69 Å². The second-order valence-corrected chi connectivity index (χ2v) is 10.5. The van der Waals surface area contributed by atoms with Crippen LogP contribution in [0.25, 0.3) is 0 Å². The zero-order valence-corrected chi connectivity index (χ0v) is 20.1. The third-order valence-corrected chi connectivity index (χ3v) is 6.95. The van der Waals surface area contributed by atoms with Crippen molar-refractivity contribution in [3.05, 3.63) is 90.5 Å². The Morgan fingerprint density at radius 2 is 1.58 bits per heavy atom. The molecule has 0 atom stereocenters. The standard InChI is InChI=1S/C25H28N2O4S2/c1-33(29,30)27(19-25(28)26-17-8-18-32-24-11-6-3-7-12-24)22-13-15-23(16-14-22)31-20-21-9-4-2-5-10-21/h2-7,9-16H,8,17-20H2,1H3,(H,26,28). The Labute approximate surface area is 200 Å². The molecular formula is C25H28N2O4S2. The number of ether oxygens (including phenoxy) is 1. The van der Waals surface area contributed by atoms with Gasteiger partial charge in [-0.3, -0.25) is 9.10 Å². The van der Waals surface area contributed by atoms with Crippen molar-refractivity contribution in [3.8, 4) is 5.75 Å². The number of carbonyl (C=O) groups is 1. The van der Waals surface area contributed by atoms with Crippen LogP contribution in [-0.2, 0) is 21.4 Å². The van der Waals surface area contributed by atoms with E-state index in [0.717, 1.165) is 28.3 Å². The van der Waals surface area contributed by atoms with Crippen LogP contribution in [0.5, 0.6) is 5.75 Å². The van der Waals surface area contributed by atoms with Crippen molar-refractivity contribution < 1.29 is 17.9 Å². The lowest BCUT2D eigenvalue weighted by Crippen LogP contribution is -2.40. The Morgan fingerprint density at radius 1 is 0.939 bits per heavy atom. The fraction of sp³-hybridized carbons (Fsp3) is 0.240. The summed E-state index contributed by atoms with van der Waals surface area (Å²) in [6, 6.07) is 26.5. The predicted octanol–water partition coefficient (Wildman–Crippen LogP) is 4.33. The summed E-state index contributed by atoms with van der Waals surface area (Å²) >= 11 is 1.72. The lowest BCUT2D eigenvalue weighted by atomic mass is 10.2. The second-order valence-electron chi connectivity index (χ2n) is 7.40. The third-order valence-electron chi connectivity index (χ3n) is 4.72.